The Labute approximate surface area is 173 Å². The average Bonchev–Trinajstić information content (AvgIpc) is 2.96. The third kappa shape index (κ3) is 4.80. The SMILES string of the molecule is CN1CCC(CNC(=O)CN2CCOc3ccccc3C2)(c2ccccc2)CC1. The molecule has 154 valence electrons. The van der Waals surface area contributed by atoms with Crippen molar-refractivity contribution in [3.63, 3.8) is 0 Å². The Hall–Kier alpha value is -2.37. The minimum atomic E-state index is 0.0257. The van der Waals surface area contributed by atoms with Crippen molar-refractivity contribution in [2.45, 2.75) is 24.8 Å². The van der Waals surface area contributed by atoms with Gasteiger partial charge in [0, 0.05) is 30.6 Å². The van der Waals surface area contributed by atoms with Gasteiger partial charge in [0.15, 0.2) is 0 Å². The van der Waals surface area contributed by atoms with E-state index in [0.717, 1.165) is 50.3 Å². The number of fused-ring (bicyclic) bond motifs is 1. The number of benzene rings is 2. The first-order chi connectivity index (χ1) is 14.1. The maximum atomic E-state index is 12.8. The molecule has 4 rings (SSSR count). The summed E-state index contributed by atoms with van der Waals surface area (Å²) < 4.78 is 5.82. The number of hydrogen-bond donors (Lipinski definition) is 1. The average molecular weight is 394 g/mol. The molecule has 29 heavy (non-hydrogen) atoms. The van der Waals surface area contributed by atoms with Crippen molar-refractivity contribution in [2.75, 3.05) is 46.4 Å². The number of piperidine rings is 1. The van der Waals surface area contributed by atoms with Gasteiger partial charge in [0.05, 0.1) is 6.54 Å². The molecule has 2 aliphatic rings. The molecule has 5 nitrogen and oxygen atoms in total. The van der Waals surface area contributed by atoms with Crippen molar-refractivity contribution in [3.05, 3.63) is 65.7 Å². The molecule has 2 aromatic carbocycles. The maximum Gasteiger partial charge on any atom is 0.234 e. The zero-order valence-corrected chi connectivity index (χ0v) is 17.3. The Morgan fingerprint density at radius 1 is 1.03 bits per heavy atom. The Bertz CT molecular complexity index is 816. The molecular weight excluding hydrogens is 362 g/mol. The first-order valence-corrected chi connectivity index (χ1v) is 10.6. The first-order valence-electron chi connectivity index (χ1n) is 10.6. The van der Waals surface area contributed by atoms with Gasteiger partial charge in [0.2, 0.25) is 5.91 Å². The molecule has 0 bridgehead atoms. The molecule has 0 aliphatic carbocycles. The topological polar surface area (TPSA) is 44.8 Å². The van der Waals surface area contributed by atoms with Crippen LogP contribution in [0.15, 0.2) is 54.6 Å². The summed E-state index contributed by atoms with van der Waals surface area (Å²) in [4.78, 5) is 17.4. The minimum absolute atomic E-state index is 0.0257. The molecule has 1 fully saturated rings. The van der Waals surface area contributed by atoms with Gasteiger partial charge < -0.3 is 15.0 Å². The molecule has 0 radical (unpaired) electrons. The van der Waals surface area contributed by atoms with Gasteiger partial charge in [-0.15, -0.1) is 0 Å². The summed E-state index contributed by atoms with van der Waals surface area (Å²) in [7, 11) is 2.17. The van der Waals surface area contributed by atoms with E-state index >= 15 is 0 Å². The van der Waals surface area contributed by atoms with Crippen LogP contribution < -0.4 is 10.1 Å². The van der Waals surface area contributed by atoms with Gasteiger partial charge in [-0.05, 0) is 44.6 Å². The molecule has 1 saturated heterocycles. The second-order valence-electron chi connectivity index (χ2n) is 8.39. The van der Waals surface area contributed by atoms with E-state index in [4.69, 9.17) is 4.74 Å². The van der Waals surface area contributed by atoms with E-state index in [1.165, 1.54) is 5.56 Å². The lowest BCUT2D eigenvalue weighted by Gasteiger charge is -2.41. The third-order valence-corrected chi connectivity index (χ3v) is 6.35. The molecule has 0 spiro atoms. The highest BCUT2D eigenvalue weighted by Gasteiger charge is 2.35. The minimum Gasteiger partial charge on any atom is -0.492 e. The molecule has 1 amide bonds. The summed E-state index contributed by atoms with van der Waals surface area (Å²) >= 11 is 0. The van der Waals surface area contributed by atoms with Crippen LogP contribution in [0.2, 0.25) is 0 Å². The summed E-state index contributed by atoms with van der Waals surface area (Å²) in [5.74, 6) is 1.03. The van der Waals surface area contributed by atoms with E-state index in [9.17, 15) is 4.79 Å². The van der Waals surface area contributed by atoms with Gasteiger partial charge in [-0.3, -0.25) is 9.69 Å². The van der Waals surface area contributed by atoms with Gasteiger partial charge in [0.25, 0.3) is 0 Å². The summed E-state index contributed by atoms with van der Waals surface area (Å²) in [6.07, 6.45) is 2.14. The van der Waals surface area contributed by atoms with Crippen molar-refractivity contribution in [2.24, 2.45) is 0 Å². The number of nitrogens with one attached hydrogen (secondary N) is 1. The lowest BCUT2D eigenvalue weighted by Crippen LogP contribution is -2.49. The number of carbonyl (C=O) groups is 1. The van der Waals surface area contributed by atoms with Gasteiger partial charge in [-0.2, -0.15) is 0 Å². The van der Waals surface area contributed by atoms with E-state index in [1.807, 2.05) is 18.2 Å². The largest absolute Gasteiger partial charge is 0.492 e. The Balaban J connectivity index is 1.38. The smallest absolute Gasteiger partial charge is 0.234 e. The van der Waals surface area contributed by atoms with Crippen LogP contribution in [0.25, 0.3) is 0 Å². The van der Waals surface area contributed by atoms with E-state index in [0.29, 0.717) is 19.7 Å². The fraction of sp³-hybridized carbons (Fsp3) is 0.458. The highest BCUT2D eigenvalue weighted by atomic mass is 16.5. The molecular formula is C24H31N3O2. The molecule has 0 unspecified atom stereocenters. The Morgan fingerprint density at radius 3 is 2.55 bits per heavy atom. The van der Waals surface area contributed by atoms with Crippen LogP contribution in [0.5, 0.6) is 5.75 Å². The van der Waals surface area contributed by atoms with Crippen molar-refractivity contribution in [1.29, 1.82) is 0 Å². The normalized spacial score (nSPS) is 19.6. The number of likely N-dealkylation sites (tertiary alicyclic amines) is 1. The molecule has 5 heteroatoms. The number of carbonyl (C=O) groups excluding carboxylic acids is 1. The second kappa shape index (κ2) is 8.97. The molecule has 2 aromatic rings. The number of rotatable bonds is 5. The standard InChI is InChI=1S/C24H31N3O2/c1-26-13-11-24(12-14-26,21-8-3-2-4-9-21)19-25-23(28)18-27-15-16-29-22-10-6-5-7-20(22)17-27/h2-10H,11-19H2,1H3,(H,25,28). The van der Waals surface area contributed by atoms with Crippen molar-refractivity contribution < 1.29 is 9.53 Å². The predicted octanol–water partition coefficient (Wildman–Crippen LogP) is 2.66. The highest BCUT2D eigenvalue weighted by Crippen LogP contribution is 2.34. The van der Waals surface area contributed by atoms with E-state index in [2.05, 4.69) is 58.6 Å². The van der Waals surface area contributed by atoms with Crippen LogP contribution in [-0.4, -0.2) is 62.1 Å². The Morgan fingerprint density at radius 2 is 1.76 bits per heavy atom. The van der Waals surface area contributed by atoms with E-state index in [-0.39, 0.29) is 11.3 Å². The molecule has 2 heterocycles. The van der Waals surface area contributed by atoms with E-state index in [1.54, 1.807) is 0 Å². The zero-order chi connectivity index (χ0) is 20.1. The summed E-state index contributed by atoms with van der Waals surface area (Å²) in [5.41, 5.74) is 2.51. The number of hydrogen-bond acceptors (Lipinski definition) is 4. The summed E-state index contributed by atoms with van der Waals surface area (Å²) in [5, 5.41) is 3.26. The van der Waals surface area contributed by atoms with Crippen LogP contribution in [0.4, 0.5) is 0 Å². The molecule has 0 aromatic heterocycles. The maximum absolute atomic E-state index is 12.8. The van der Waals surface area contributed by atoms with Crippen LogP contribution in [-0.2, 0) is 16.8 Å². The van der Waals surface area contributed by atoms with Gasteiger partial charge in [-0.1, -0.05) is 48.5 Å². The monoisotopic (exact) mass is 393 g/mol. The third-order valence-electron chi connectivity index (χ3n) is 6.35. The van der Waals surface area contributed by atoms with Crippen LogP contribution in [0.3, 0.4) is 0 Å². The van der Waals surface area contributed by atoms with Crippen LogP contribution >= 0.6 is 0 Å². The van der Waals surface area contributed by atoms with Crippen molar-refractivity contribution in [1.82, 2.24) is 15.1 Å². The molecule has 0 saturated carbocycles. The summed E-state index contributed by atoms with van der Waals surface area (Å²) in [6, 6.07) is 18.8. The number of para-hydroxylation sites is 1. The highest BCUT2D eigenvalue weighted by molar-refractivity contribution is 5.78. The van der Waals surface area contributed by atoms with Crippen LogP contribution in [0.1, 0.15) is 24.0 Å². The molecule has 2 aliphatic heterocycles. The van der Waals surface area contributed by atoms with Gasteiger partial charge >= 0.3 is 0 Å². The molecule has 1 N–H and O–H groups in total. The van der Waals surface area contributed by atoms with Gasteiger partial charge in [-0.25, -0.2) is 0 Å². The van der Waals surface area contributed by atoms with Crippen molar-refractivity contribution >= 4 is 5.91 Å². The van der Waals surface area contributed by atoms with Crippen LogP contribution in [0, 0.1) is 0 Å². The first kappa shape index (κ1) is 19.9. The number of amides is 1. The molecule has 0 atom stereocenters. The quantitative estimate of drug-likeness (QED) is 0.848. The fourth-order valence-corrected chi connectivity index (χ4v) is 4.45. The Kier molecular flexibility index (Phi) is 6.16. The number of nitrogens with zero attached hydrogens (tertiary/aromatic N) is 2. The fourth-order valence-electron chi connectivity index (χ4n) is 4.45. The van der Waals surface area contributed by atoms with Crippen molar-refractivity contribution in [3.8, 4) is 5.75 Å². The number of ether oxygens (including phenoxy) is 1. The van der Waals surface area contributed by atoms with Gasteiger partial charge in [0.1, 0.15) is 12.4 Å². The predicted molar refractivity (Wildman–Crippen MR) is 115 cm³/mol. The summed E-state index contributed by atoms with van der Waals surface area (Å²) in [6.45, 7) is 5.35. The van der Waals surface area contributed by atoms with E-state index < -0.39 is 0 Å². The zero-order valence-electron chi connectivity index (χ0n) is 17.3. The lowest BCUT2D eigenvalue weighted by molar-refractivity contribution is -0.122. The lowest BCUT2D eigenvalue weighted by atomic mass is 9.72. The second-order valence-corrected chi connectivity index (χ2v) is 8.39.